The molecule has 0 bridgehead atoms. The van der Waals surface area contributed by atoms with Crippen molar-refractivity contribution >= 4 is 11.6 Å². The molecule has 2 rings (SSSR count). The molecular formula is C13H17NO2. The number of phenols is 1. The van der Waals surface area contributed by atoms with E-state index in [0.717, 1.165) is 22.4 Å². The summed E-state index contributed by atoms with van der Waals surface area (Å²) in [5, 5.41) is 13.0. The third-order valence-corrected chi connectivity index (χ3v) is 3.23. The Morgan fingerprint density at radius 3 is 2.56 bits per heavy atom. The third-order valence-electron chi connectivity index (χ3n) is 3.23. The van der Waals surface area contributed by atoms with Crippen molar-refractivity contribution in [2.45, 2.75) is 39.5 Å². The number of aromatic hydroxyl groups is 1. The van der Waals surface area contributed by atoms with Crippen LogP contribution < -0.4 is 5.32 Å². The van der Waals surface area contributed by atoms with Gasteiger partial charge < -0.3 is 10.4 Å². The summed E-state index contributed by atoms with van der Waals surface area (Å²) < 4.78 is 0. The van der Waals surface area contributed by atoms with E-state index in [1.165, 1.54) is 0 Å². The third kappa shape index (κ3) is 1.47. The summed E-state index contributed by atoms with van der Waals surface area (Å²) in [6.07, 6.45) is 0.413. The van der Waals surface area contributed by atoms with Gasteiger partial charge >= 0.3 is 0 Å². The maximum atomic E-state index is 11.6. The van der Waals surface area contributed by atoms with E-state index in [0.29, 0.717) is 12.2 Å². The summed E-state index contributed by atoms with van der Waals surface area (Å²) in [7, 11) is 0. The quantitative estimate of drug-likeness (QED) is 0.704. The first kappa shape index (κ1) is 11.0. The molecule has 0 fully saturated rings. The lowest BCUT2D eigenvalue weighted by molar-refractivity contribution is -0.117. The van der Waals surface area contributed by atoms with Gasteiger partial charge in [-0.05, 0) is 25.0 Å². The minimum absolute atomic E-state index is 0.0175. The van der Waals surface area contributed by atoms with Gasteiger partial charge in [0, 0.05) is 17.4 Å². The molecule has 1 aromatic rings. The van der Waals surface area contributed by atoms with Gasteiger partial charge in [-0.2, -0.15) is 0 Å². The van der Waals surface area contributed by atoms with Gasteiger partial charge in [-0.25, -0.2) is 0 Å². The van der Waals surface area contributed by atoms with E-state index in [4.69, 9.17) is 0 Å². The molecule has 3 heteroatoms. The van der Waals surface area contributed by atoms with Crippen LogP contribution in [0.5, 0.6) is 5.75 Å². The van der Waals surface area contributed by atoms with E-state index >= 15 is 0 Å². The molecule has 3 nitrogen and oxygen atoms in total. The normalized spacial score (nSPS) is 17.9. The SMILES string of the molecule is Cc1cc(C)c2c(c1O)C(C)(C)CC(=O)N2. The first-order valence-electron chi connectivity index (χ1n) is 5.46. The molecule has 0 spiro atoms. The van der Waals surface area contributed by atoms with Gasteiger partial charge in [-0.1, -0.05) is 19.9 Å². The lowest BCUT2D eigenvalue weighted by atomic mass is 9.76. The second-order valence-electron chi connectivity index (χ2n) is 5.22. The number of phenolic OH excluding ortho intramolecular Hbond substituents is 1. The lowest BCUT2D eigenvalue weighted by Crippen LogP contribution is -2.33. The second kappa shape index (κ2) is 3.24. The Morgan fingerprint density at radius 2 is 1.94 bits per heavy atom. The van der Waals surface area contributed by atoms with Crippen LogP contribution in [-0.2, 0) is 10.2 Å². The molecule has 16 heavy (non-hydrogen) atoms. The van der Waals surface area contributed by atoms with E-state index < -0.39 is 0 Å². The van der Waals surface area contributed by atoms with Gasteiger partial charge in [0.15, 0.2) is 0 Å². The molecule has 1 aliphatic heterocycles. The van der Waals surface area contributed by atoms with Crippen LogP contribution in [0, 0.1) is 13.8 Å². The number of rotatable bonds is 0. The Hall–Kier alpha value is -1.51. The highest BCUT2D eigenvalue weighted by Gasteiger charge is 2.35. The number of aryl methyl sites for hydroxylation is 2. The Kier molecular flexibility index (Phi) is 2.22. The number of anilines is 1. The zero-order valence-electron chi connectivity index (χ0n) is 10.1. The van der Waals surface area contributed by atoms with Crippen molar-refractivity contribution in [3.63, 3.8) is 0 Å². The zero-order valence-corrected chi connectivity index (χ0v) is 10.1. The molecule has 1 aromatic carbocycles. The van der Waals surface area contributed by atoms with Gasteiger partial charge in [-0.15, -0.1) is 0 Å². The average molecular weight is 219 g/mol. The first-order chi connectivity index (χ1) is 7.33. The van der Waals surface area contributed by atoms with Crippen molar-refractivity contribution in [2.75, 3.05) is 5.32 Å². The number of nitrogens with one attached hydrogen (secondary N) is 1. The largest absolute Gasteiger partial charge is 0.507 e. The highest BCUT2D eigenvalue weighted by atomic mass is 16.3. The van der Waals surface area contributed by atoms with Crippen molar-refractivity contribution < 1.29 is 9.90 Å². The number of carbonyl (C=O) groups is 1. The predicted molar refractivity (Wildman–Crippen MR) is 63.9 cm³/mol. The molecule has 1 heterocycles. The Morgan fingerprint density at radius 1 is 1.31 bits per heavy atom. The molecule has 86 valence electrons. The number of hydrogen-bond acceptors (Lipinski definition) is 2. The standard InChI is InChI=1S/C13H17NO2/c1-7-5-8(2)12(16)10-11(7)14-9(15)6-13(10,3)4/h5,16H,6H2,1-4H3,(H,14,15). The van der Waals surface area contributed by atoms with Gasteiger partial charge in [-0.3, -0.25) is 4.79 Å². The van der Waals surface area contributed by atoms with Crippen LogP contribution in [0.4, 0.5) is 5.69 Å². The highest BCUT2D eigenvalue weighted by Crippen LogP contribution is 2.45. The number of carbonyl (C=O) groups excluding carboxylic acids is 1. The maximum absolute atomic E-state index is 11.6. The minimum atomic E-state index is -0.307. The summed E-state index contributed by atoms with van der Waals surface area (Å²) >= 11 is 0. The molecule has 0 aliphatic carbocycles. The molecular weight excluding hydrogens is 202 g/mol. The van der Waals surface area contributed by atoms with Crippen molar-refractivity contribution in [1.82, 2.24) is 0 Å². The van der Waals surface area contributed by atoms with Crippen LogP contribution >= 0.6 is 0 Å². The molecule has 0 atom stereocenters. The van der Waals surface area contributed by atoms with Crippen LogP contribution in [-0.4, -0.2) is 11.0 Å². The molecule has 0 radical (unpaired) electrons. The van der Waals surface area contributed by atoms with Crippen molar-refractivity contribution in [3.05, 3.63) is 22.8 Å². The van der Waals surface area contributed by atoms with Crippen LogP contribution in [0.1, 0.15) is 37.0 Å². The Labute approximate surface area is 95.5 Å². The van der Waals surface area contributed by atoms with Crippen molar-refractivity contribution in [2.24, 2.45) is 0 Å². The van der Waals surface area contributed by atoms with Gasteiger partial charge in [0.05, 0.1) is 5.69 Å². The fourth-order valence-electron chi connectivity index (χ4n) is 2.47. The summed E-state index contributed by atoms with van der Waals surface area (Å²) in [6, 6.07) is 1.90. The van der Waals surface area contributed by atoms with Gasteiger partial charge in [0.25, 0.3) is 0 Å². The predicted octanol–water partition coefficient (Wildman–Crippen LogP) is 2.63. The fraction of sp³-hybridized carbons (Fsp3) is 0.462. The van der Waals surface area contributed by atoms with E-state index in [-0.39, 0.29) is 11.3 Å². The smallest absolute Gasteiger partial charge is 0.225 e. The summed E-state index contributed by atoms with van der Waals surface area (Å²) in [5.41, 5.74) is 3.21. The number of amides is 1. The lowest BCUT2D eigenvalue weighted by Gasteiger charge is -2.34. The molecule has 0 saturated carbocycles. The highest BCUT2D eigenvalue weighted by molar-refractivity contribution is 5.97. The van der Waals surface area contributed by atoms with E-state index in [2.05, 4.69) is 5.32 Å². The van der Waals surface area contributed by atoms with E-state index in [1.54, 1.807) is 0 Å². The first-order valence-corrected chi connectivity index (χ1v) is 5.46. The minimum Gasteiger partial charge on any atom is -0.507 e. The second-order valence-corrected chi connectivity index (χ2v) is 5.22. The van der Waals surface area contributed by atoms with Crippen LogP contribution in [0.15, 0.2) is 6.07 Å². The zero-order chi connectivity index (χ0) is 12.1. The molecule has 0 unspecified atom stereocenters. The Bertz CT molecular complexity index is 475. The van der Waals surface area contributed by atoms with Gasteiger partial charge in [0.2, 0.25) is 5.91 Å². The Balaban J connectivity index is 2.77. The summed E-state index contributed by atoms with van der Waals surface area (Å²) in [4.78, 5) is 11.6. The number of fused-ring (bicyclic) bond motifs is 1. The monoisotopic (exact) mass is 219 g/mol. The maximum Gasteiger partial charge on any atom is 0.225 e. The number of hydrogen-bond donors (Lipinski definition) is 2. The van der Waals surface area contributed by atoms with Crippen molar-refractivity contribution in [1.29, 1.82) is 0 Å². The molecule has 1 aliphatic rings. The fourth-order valence-corrected chi connectivity index (χ4v) is 2.47. The van der Waals surface area contributed by atoms with E-state index in [9.17, 15) is 9.90 Å². The number of benzene rings is 1. The van der Waals surface area contributed by atoms with Gasteiger partial charge in [0.1, 0.15) is 5.75 Å². The summed E-state index contributed by atoms with van der Waals surface area (Å²) in [6.45, 7) is 7.81. The van der Waals surface area contributed by atoms with Crippen molar-refractivity contribution in [3.8, 4) is 5.75 Å². The summed E-state index contributed by atoms with van der Waals surface area (Å²) in [5.74, 6) is 0.328. The van der Waals surface area contributed by atoms with Crippen LogP contribution in [0.25, 0.3) is 0 Å². The van der Waals surface area contributed by atoms with Crippen LogP contribution in [0.3, 0.4) is 0 Å². The molecule has 2 N–H and O–H groups in total. The molecule has 1 amide bonds. The average Bonchev–Trinajstić information content (AvgIpc) is 2.11. The van der Waals surface area contributed by atoms with E-state index in [1.807, 2.05) is 33.8 Å². The molecule has 0 aromatic heterocycles. The van der Waals surface area contributed by atoms with Crippen LogP contribution in [0.2, 0.25) is 0 Å². The molecule has 0 saturated heterocycles. The topological polar surface area (TPSA) is 49.3 Å².